The second-order valence-electron chi connectivity index (χ2n) is 6.26. The molecule has 2 fully saturated rings. The number of ether oxygens (including phenoxy) is 2. The van der Waals surface area contributed by atoms with E-state index in [1.54, 1.807) is 12.3 Å². The first-order valence-corrected chi connectivity index (χ1v) is 8.80. The normalized spacial score (nSPS) is 24.8. The Labute approximate surface area is 143 Å². The molecule has 7 heteroatoms. The summed E-state index contributed by atoms with van der Waals surface area (Å²) in [4.78, 5) is 25.5. The lowest BCUT2D eigenvalue weighted by atomic mass is 9.93. The number of piperazine rings is 1. The molecule has 0 aromatic carbocycles. The molecule has 0 N–H and O–H groups in total. The molecule has 1 aromatic heterocycles. The third-order valence-electron chi connectivity index (χ3n) is 4.71. The number of hydrogen-bond donors (Lipinski definition) is 0. The van der Waals surface area contributed by atoms with Crippen molar-refractivity contribution < 1.29 is 14.3 Å². The van der Waals surface area contributed by atoms with Crippen molar-refractivity contribution in [1.29, 1.82) is 0 Å². The van der Waals surface area contributed by atoms with Crippen LogP contribution in [0.25, 0.3) is 0 Å². The predicted octanol–water partition coefficient (Wildman–Crippen LogP) is 1.34. The molecule has 0 spiro atoms. The van der Waals surface area contributed by atoms with E-state index in [1.165, 1.54) is 0 Å². The second-order valence-corrected chi connectivity index (χ2v) is 6.26. The van der Waals surface area contributed by atoms with E-state index in [1.807, 2.05) is 18.7 Å². The zero-order valence-corrected chi connectivity index (χ0v) is 14.5. The van der Waals surface area contributed by atoms with Gasteiger partial charge in [-0.15, -0.1) is 0 Å². The fraction of sp³-hybridized carbons (Fsp3) is 0.706. The van der Waals surface area contributed by atoms with Crippen LogP contribution in [0.15, 0.2) is 12.3 Å². The Balaban J connectivity index is 1.57. The van der Waals surface area contributed by atoms with E-state index in [9.17, 15) is 4.79 Å². The standard InChI is InChI=1S/C17H26N4O3/c1-3-23-15-6-7-18-17(19-15)21-10-8-20(9-11-21)16(22)14-5-4-12-24-13(14)2/h6-7,13-14H,3-5,8-12H2,1-2H3/t13-,14+/m1/s1. The Morgan fingerprint density at radius 3 is 2.88 bits per heavy atom. The number of anilines is 1. The first-order chi connectivity index (χ1) is 11.7. The van der Waals surface area contributed by atoms with Crippen LogP contribution >= 0.6 is 0 Å². The zero-order chi connectivity index (χ0) is 16.9. The second kappa shape index (κ2) is 7.79. The minimum Gasteiger partial charge on any atom is -0.478 e. The fourth-order valence-corrected chi connectivity index (χ4v) is 3.32. The molecule has 3 rings (SSSR count). The van der Waals surface area contributed by atoms with Crippen molar-refractivity contribution in [2.24, 2.45) is 5.92 Å². The van der Waals surface area contributed by atoms with Gasteiger partial charge in [0.2, 0.25) is 17.7 Å². The number of nitrogens with zero attached hydrogens (tertiary/aromatic N) is 4. The number of aromatic nitrogens is 2. The molecule has 2 aliphatic heterocycles. The topological polar surface area (TPSA) is 67.8 Å². The average Bonchev–Trinajstić information content (AvgIpc) is 2.62. The number of hydrogen-bond acceptors (Lipinski definition) is 6. The van der Waals surface area contributed by atoms with E-state index in [0.717, 1.165) is 32.5 Å². The van der Waals surface area contributed by atoms with Gasteiger partial charge in [-0.25, -0.2) is 4.98 Å². The summed E-state index contributed by atoms with van der Waals surface area (Å²) >= 11 is 0. The van der Waals surface area contributed by atoms with Crippen LogP contribution in [-0.2, 0) is 9.53 Å². The van der Waals surface area contributed by atoms with Gasteiger partial charge in [-0.05, 0) is 26.7 Å². The van der Waals surface area contributed by atoms with Crippen LogP contribution in [0, 0.1) is 5.92 Å². The van der Waals surface area contributed by atoms with Crippen LogP contribution in [0.1, 0.15) is 26.7 Å². The van der Waals surface area contributed by atoms with Gasteiger partial charge in [-0.3, -0.25) is 4.79 Å². The molecule has 0 saturated carbocycles. The molecule has 2 atom stereocenters. The minimum atomic E-state index is 0.00262. The molecule has 1 aromatic rings. The highest BCUT2D eigenvalue weighted by Crippen LogP contribution is 2.24. The van der Waals surface area contributed by atoms with Gasteiger partial charge < -0.3 is 19.3 Å². The Hall–Kier alpha value is -1.89. The summed E-state index contributed by atoms with van der Waals surface area (Å²) in [6, 6.07) is 1.76. The van der Waals surface area contributed by atoms with Crippen LogP contribution in [0.5, 0.6) is 5.88 Å². The van der Waals surface area contributed by atoms with Gasteiger partial charge in [0.25, 0.3) is 0 Å². The lowest BCUT2D eigenvalue weighted by Crippen LogP contribution is -2.52. The largest absolute Gasteiger partial charge is 0.478 e. The van der Waals surface area contributed by atoms with Gasteiger partial charge in [0.15, 0.2) is 0 Å². The number of carbonyl (C=O) groups excluding carboxylic acids is 1. The lowest BCUT2D eigenvalue weighted by Gasteiger charge is -2.38. The number of carbonyl (C=O) groups is 1. The summed E-state index contributed by atoms with van der Waals surface area (Å²) in [6.45, 7) is 8.17. The SMILES string of the molecule is CCOc1ccnc(N2CCN(C(=O)[C@H]3CCCO[C@@H]3C)CC2)n1. The molecular weight excluding hydrogens is 308 g/mol. The van der Waals surface area contributed by atoms with Crippen LogP contribution in [-0.4, -0.2) is 66.3 Å². The maximum atomic E-state index is 12.7. The summed E-state index contributed by atoms with van der Waals surface area (Å²) in [5.74, 6) is 1.49. The van der Waals surface area contributed by atoms with Crippen LogP contribution in [0.4, 0.5) is 5.95 Å². The Morgan fingerprint density at radius 1 is 1.38 bits per heavy atom. The van der Waals surface area contributed by atoms with E-state index in [2.05, 4.69) is 14.9 Å². The summed E-state index contributed by atoms with van der Waals surface area (Å²) in [5, 5.41) is 0. The molecule has 3 heterocycles. The van der Waals surface area contributed by atoms with Gasteiger partial charge >= 0.3 is 0 Å². The van der Waals surface area contributed by atoms with Crippen molar-refractivity contribution in [3.05, 3.63) is 12.3 Å². The van der Waals surface area contributed by atoms with Gasteiger partial charge in [-0.2, -0.15) is 4.98 Å². The smallest absolute Gasteiger partial charge is 0.228 e. The number of rotatable bonds is 4. The molecule has 2 aliphatic rings. The molecule has 24 heavy (non-hydrogen) atoms. The third-order valence-corrected chi connectivity index (χ3v) is 4.71. The van der Waals surface area contributed by atoms with Crippen molar-refractivity contribution in [3.63, 3.8) is 0 Å². The van der Waals surface area contributed by atoms with Gasteiger partial charge in [0, 0.05) is 45.0 Å². The molecule has 1 amide bonds. The van der Waals surface area contributed by atoms with Gasteiger partial charge in [-0.1, -0.05) is 0 Å². The van der Waals surface area contributed by atoms with E-state index in [4.69, 9.17) is 9.47 Å². The van der Waals surface area contributed by atoms with Crippen molar-refractivity contribution in [2.75, 3.05) is 44.3 Å². The van der Waals surface area contributed by atoms with Crippen molar-refractivity contribution in [3.8, 4) is 5.88 Å². The molecule has 0 unspecified atom stereocenters. The first-order valence-electron chi connectivity index (χ1n) is 8.80. The molecule has 0 bridgehead atoms. The summed E-state index contributed by atoms with van der Waals surface area (Å²) < 4.78 is 11.1. The highest BCUT2D eigenvalue weighted by atomic mass is 16.5. The van der Waals surface area contributed by atoms with E-state index < -0.39 is 0 Å². The zero-order valence-electron chi connectivity index (χ0n) is 14.5. The molecule has 0 aliphatic carbocycles. The van der Waals surface area contributed by atoms with Crippen molar-refractivity contribution in [2.45, 2.75) is 32.8 Å². The fourth-order valence-electron chi connectivity index (χ4n) is 3.32. The third kappa shape index (κ3) is 3.77. The number of amides is 1. The van der Waals surface area contributed by atoms with Crippen LogP contribution in [0.3, 0.4) is 0 Å². The maximum absolute atomic E-state index is 12.7. The van der Waals surface area contributed by atoms with E-state index in [0.29, 0.717) is 31.5 Å². The van der Waals surface area contributed by atoms with E-state index in [-0.39, 0.29) is 17.9 Å². The summed E-state index contributed by atoms with van der Waals surface area (Å²) in [5.41, 5.74) is 0. The highest BCUT2D eigenvalue weighted by molar-refractivity contribution is 5.79. The van der Waals surface area contributed by atoms with Gasteiger partial charge in [0.05, 0.1) is 18.6 Å². The molecule has 7 nitrogen and oxygen atoms in total. The van der Waals surface area contributed by atoms with Crippen molar-refractivity contribution >= 4 is 11.9 Å². The van der Waals surface area contributed by atoms with Crippen LogP contribution in [0.2, 0.25) is 0 Å². The minimum absolute atomic E-state index is 0.00262. The Kier molecular flexibility index (Phi) is 5.50. The average molecular weight is 334 g/mol. The Morgan fingerprint density at radius 2 is 2.17 bits per heavy atom. The highest BCUT2D eigenvalue weighted by Gasteiger charge is 2.33. The van der Waals surface area contributed by atoms with Gasteiger partial charge in [0.1, 0.15) is 0 Å². The molecular formula is C17H26N4O3. The van der Waals surface area contributed by atoms with Crippen LogP contribution < -0.4 is 9.64 Å². The monoisotopic (exact) mass is 334 g/mol. The quantitative estimate of drug-likeness (QED) is 0.828. The summed E-state index contributed by atoms with van der Waals surface area (Å²) in [7, 11) is 0. The molecule has 2 saturated heterocycles. The van der Waals surface area contributed by atoms with E-state index >= 15 is 0 Å². The predicted molar refractivity (Wildman–Crippen MR) is 90.1 cm³/mol. The Bertz CT molecular complexity index is 561. The molecule has 0 radical (unpaired) electrons. The molecule has 132 valence electrons. The lowest BCUT2D eigenvalue weighted by molar-refractivity contribution is -0.144. The maximum Gasteiger partial charge on any atom is 0.228 e. The van der Waals surface area contributed by atoms with Crippen molar-refractivity contribution in [1.82, 2.24) is 14.9 Å². The first kappa shape index (κ1) is 17.0. The summed E-state index contributed by atoms with van der Waals surface area (Å²) in [6.07, 6.45) is 3.64.